The Bertz CT molecular complexity index is 622. The highest BCUT2D eigenvalue weighted by molar-refractivity contribution is 7.97. The SMILES string of the molecule is C=C/C=C(\C=C)C1CC[C@H](C)N(Cc2ccc(C(=O)OC)cc2)S1.CC. The number of allylic oxidation sites excluding steroid dienone is 3. The van der Waals surface area contributed by atoms with Crippen LogP contribution in [0.2, 0.25) is 0 Å². The minimum Gasteiger partial charge on any atom is -0.465 e. The van der Waals surface area contributed by atoms with Crippen molar-refractivity contribution in [2.45, 2.75) is 51.4 Å². The summed E-state index contributed by atoms with van der Waals surface area (Å²) in [6.07, 6.45) is 8.10. The molecule has 1 unspecified atom stereocenters. The summed E-state index contributed by atoms with van der Waals surface area (Å²) < 4.78 is 7.16. The van der Waals surface area contributed by atoms with Crippen LogP contribution >= 0.6 is 11.9 Å². The van der Waals surface area contributed by atoms with E-state index in [2.05, 4.69) is 24.4 Å². The van der Waals surface area contributed by atoms with Crippen molar-refractivity contribution >= 4 is 17.9 Å². The van der Waals surface area contributed by atoms with Crippen molar-refractivity contribution in [3.05, 3.63) is 72.4 Å². The van der Waals surface area contributed by atoms with Crippen LogP contribution in [0.5, 0.6) is 0 Å². The molecule has 0 aromatic heterocycles. The highest BCUT2D eigenvalue weighted by atomic mass is 32.2. The van der Waals surface area contributed by atoms with Crippen molar-refractivity contribution in [2.75, 3.05) is 7.11 Å². The van der Waals surface area contributed by atoms with E-state index in [4.69, 9.17) is 4.74 Å². The molecule has 1 aliphatic rings. The fraction of sp³-hybridized carbons (Fsp3) is 0.409. The van der Waals surface area contributed by atoms with Gasteiger partial charge < -0.3 is 4.74 Å². The third-order valence-corrected chi connectivity index (χ3v) is 5.75. The predicted octanol–water partition coefficient (Wildman–Crippen LogP) is 5.80. The van der Waals surface area contributed by atoms with E-state index in [1.54, 1.807) is 0 Å². The van der Waals surface area contributed by atoms with Crippen molar-refractivity contribution in [2.24, 2.45) is 0 Å². The molecule has 1 aliphatic heterocycles. The molecule has 1 aromatic rings. The second-order valence-corrected chi connectivity index (χ2v) is 7.14. The molecule has 4 heteroatoms. The molecule has 0 aliphatic carbocycles. The summed E-state index contributed by atoms with van der Waals surface area (Å²) >= 11 is 1.88. The zero-order chi connectivity index (χ0) is 19.5. The average molecular weight is 374 g/mol. The fourth-order valence-corrected chi connectivity index (χ4v) is 4.17. The number of hydrogen-bond acceptors (Lipinski definition) is 4. The smallest absolute Gasteiger partial charge is 0.337 e. The van der Waals surface area contributed by atoms with Gasteiger partial charge in [-0.2, -0.15) is 0 Å². The van der Waals surface area contributed by atoms with Crippen LogP contribution in [0.1, 0.15) is 49.5 Å². The van der Waals surface area contributed by atoms with E-state index in [0.29, 0.717) is 16.9 Å². The van der Waals surface area contributed by atoms with Crippen LogP contribution < -0.4 is 0 Å². The maximum Gasteiger partial charge on any atom is 0.337 e. The normalized spacial score (nSPS) is 20.5. The van der Waals surface area contributed by atoms with Gasteiger partial charge in [0.25, 0.3) is 0 Å². The van der Waals surface area contributed by atoms with Crippen LogP contribution in [0.15, 0.2) is 61.2 Å². The first kappa shape index (κ1) is 22.3. The highest BCUT2D eigenvalue weighted by Gasteiger charge is 2.27. The molecule has 2 rings (SSSR count). The van der Waals surface area contributed by atoms with E-state index in [1.165, 1.54) is 18.2 Å². The molecule has 1 heterocycles. The maximum atomic E-state index is 11.5. The topological polar surface area (TPSA) is 29.5 Å². The summed E-state index contributed by atoms with van der Waals surface area (Å²) in [5.41, 5.74) is 3.00. The molecule has 0 bridgehead atoms. The van der Waals surface area contributed by atoms with Crippen LogP contribution in [0.3, 0.4) is 0 Å². The number of carbonyl (C=O) groups is 1. The lowest BCUT2D eigenvalue weighted by Gasteiger charge is -2.37. The minimum absolute atomic E-state index is 0.299. The first-order valence-electron chi connectivity index (χ1n) is 9.14. The number of hydrogen-bond donors (Lipinski definition) is 0. The van der Waals surface area contributed by atoms with Gasteiger partial charge in [-0.1, -0.05) is 69.3 Å². The molecule has 0 spiro atoms. The first-order valence-corrected chi connectivity index (χ1v) is 9.98. The molecule has 1 saturated heterocycles. The standard InChI is InChI=1S/C20H25NO2S.C2H6/c1-5-7-17(6-2)19-13-8-15(3)21(24-19)14-16-9-11-18(12-10-16)20(22)23-4;1-2/h5-7,9-12,15,19H,1-2,8,13-14H2,3-4H3;1-2H3/b17-7+;/t15-,19?;/m0./s1. The predicted molar refractivity (Wildman–Crippen MR) is 113 cm³/mol. The lowest BCUT2D eigenvalue weighted by Crippen LogP contribution is -2.34. The fourth-order valence-electron chi connectivity index (χ4n) is 2.76. The summed E-state index contributed by atoms with van der Waals surface area (Å²) in [5, 5.41) is 0.422. The van der Waals surface area contributed by atoms with E-state index in [-0.39, 0.29) is 5.97 Å². The number of benzene rings is 1. The van der Waals surface area contributed by atoms with E-state index >= 15 is 0 Å². The second-order valence-electron chi connectivity index (χ2n) is 5.89. The van der Waals surface area contributed by atoms with E-state index in [0.717, 1.165) is 19.4 Å². The number of nitrogens with zero attached hydrogens (tertiary/aromatic N) is 1. The lowest BCUT2D eigenvalue weighted by atomic mass is 10.0. The van der Waals surface area contributed by atoms with Gasteiger partial charge in [0.2, 0.25) is 0 Å². The molecule has 0 saturated carbocycles. The Morgan fingerprint density at radius 2 is 1.92 bits per heavy atom. The number of ether oxygens (including phenoxy) is 1. The Morgan fingerprint density at radius 3 is 2.46 bits per heavy atom. The summed E-state index contributed by atoms with van der Waals surface area (Å²) in [4.78, 5) is 11.5. The zero-order valence-corrected chi connectivity index (χ0v) is 17.2. The first-order chi connectivity index (χ1) is 12.6. The quantitative estimate of drug-likeness (QED) is 0.358. The van der Waals surface area contributed by atoms with Gasteiger partial charge >= 0.3 is 5.97 Å². The van der Waals surface area contributed by atoms with Crippen LogP contribution in [-0.4, -0.2) is 28.7 Å². The van der Waals surface area contributed by atoms with Gasteiger partial charge in [-0.15, -0.1) is 0 Å². The zero-order valence-electron chi connectivity index (χ0n) is 16.4. The van der Waals surface area contributed by atoms with Crippen molar-refractivity contribution in [3.63, 3.8) is 0 Å². The van der Waals surface area contributed by atoms with Crippen molar-refractivity contribution in [1.29, 1.82) is 0 Å². The molecule has 1 fully saturated rings. The van der Waals surface area contributed by atoms with Gasteiger partial charge in [-0.3, -0.25) is 0 Å². The molecular weight excluding hydrogens is 342 g/mol. The molecule has 0 radical (unpaired) electrons. The van der Waals surface area contributed by atoms with Gasteiger partial charge in [0.15, 0.2) is 0 Å². The Kier molecular flexibility index (Phi) is 10.1. The van der Waals surface area contributed by atoms with E-state index in [9.17, 15) is 4.79 Å². The van der Waals surface area contributed by atoms with Crippen LogP contribution in [-0.2, 0) is 11.3 Å². The molecule has 3 nitrogen and oxygen atoms in total. The molecular formula is C22H31NO2S. The maximum absolute atomic E-state index is 11.5. The highest BCUT2D eigenvalue weighted by Crippen LogP contribution is 2.37. The average Bonchev–Trinajstić information content (AvgIpc) is 2.69. The lowest BCUT2D eigenvalue weighted by molar-refractivity contribution is 0.0600. The minimum atomic E-state index is -0.299. The number of esters is 1. The largest absolute Gasteiger partial charge is 0.465 e. The number of rotatable bonds is 6. The summed E-state index contributed by atoms with van der Waals surface area (Å²) in [6, 6.07) is 8.16. The van der Waals surface area contributed by atoms with Gasteiger partial charge in [-0.25, -0.2) is 9.10 Å². The Labute approximate surface area is 162 Å². The Balaban J connectivity index is 0.00000163. The third-order valence-electron chi connectivity index (χ3n) is 4.23. The van der Waals surface area contributed by atoms with E-state index in [1.807, 2.05) is 68.3 Å². The molecule has 2 atom stereocenters. The summed E-state index contributed by atoms with van der Waals surface area (Å²) in [6.45, 7) is 14.8. The Morgan fingerprint density at radius 1 is 1.27 bits per heavy atom. The van der Waals surface area contributed by atoms with Crippen LogP contribution in [0, 0.1) is 0 Å². The Hall–Kier alpha value is -1.78. The number of carbonyl (C=O) groups excluding carboxylic acids is 1. The molecule has 0 N–H and O–H groups in total. The van der Waals surface area contributed by atoms with Crippen molar-refractivity contribution in [3.8, 4) is 0 Å². The summed E-state index contributed by atoms with van der Waals surface area (Å²) in [7, 11) is 1.40. The van der Waals surface area contributed by atoms with Gasteiger partial charge in [0, 0.05) is 17.8 Å². The molecule has 142 valence electrons. The second kappa shape index (κ2) is 11.8. The molecule has 0 amide bonds. The van der Waals surface area contributed by atoms with Crippen LogP contribution in [0.25, 0.3) is 0 Å². The van der Waals surface area contributed by atoms with Gasteiger partial charge in [0.1, 0.15) is 0 Å². The van der Waals surface area contributed by atoms with E-state index < -0.39 is 0 Å². The van der Waals surface area contributed by atoms with Crippen molar-refractivity contribution in [1.82, 2.24) is 4.31 Å². The third kappa shape index (κ3) is 6.19. The molecule has 26 heavy (non-hydrogen) atoms. The summed E-state index contributed by atoms with van der Waals surface area (Å²) in [5.74, 6) is -0.299. The van der Waals surface area contributed by atoms with Crippen LogP contribution in [0.4, 0.5) is 0 Å². The van der Waals surface area contributed by atoms with Gasteiger partial charge in [-0.05, 0) is 43.0 Å². The number of methoxy groups -OCH3 is 1. The monoisotopic (exact) mass is 373 g/mol. The van der Waals surface area contributed by atoms with Gasteiger partial charge in [0.05, 0.1) is 12.7 Å². The van der Waals surface area contributed by atoms with Crippen molar-refractivity contribution < 1.29 is 9.53 Å². The molecule has 1 aromatic carbocycles.